The van der Waals surface area contributed by atoms with E-state index in [1.54, 1.807) is 18.2 Å². The Morgan fingerprint density at radius 1 is 1.29 bits per heavy atom. The largest absolute Gasteiger partial charge is 0.383 e. The summed E-state index contributed by atoms with van der Waals surface area (Å²) in [6.07, 6.45) is 1.52. The Morgan fingerprint density at radius 3 is 2.71 bits per heavy atom. The lowest BCUT2D eigenvalue weighted by Crippen LogP contribution is -2.01. The summed E-state index contributed by atoms with van der Waals surface area (Å²) in [5.41, 5.74) is 12.9. The molecule has 0 aliphatic rings. The van der Waals surface area contributed by atoms with Crippen molar-refractivity contribution in [3.05, 3.63) is 35.0 Å². The molecular weight excluding hydrogens is 238 g/mol. The van der Waals surface area contributed by atoms with E-state index >= 15 is 0 Å². The van der Waals surface area contributed by atoms with Crippen LogP contribution in [0.5, 0.6) is 0 Å². The quantitative estimate of drug-likeness (QED) is 0.798. The van der Waals surface area contributed by atoms with Crippen molar-refractivity contribution in [2.24, 2.45) is 0 Å². The van der Waals surface area contributed by atoms with E-state index < -0.39 is 0 Å². The average Bonchev–Trinajstić information content (AvgIpc) is 2.30. The van der Waals surface area contributed by atoms with Gasteiger partial charge in [0.2, 0.25) is 5.95 Å². The molecule has 1 aromatic carbocycles. The van der Waals surface area contributed by atoms with Crippen molar-refractivity contribution in [1.82, 2.24) is 9.97 Å². The van der Waals surface area contributed by atoms with Gasteiger partial charge in [0.1, 0.15) is 11.9 Å². The maximum atomic E-state index is 8.89. The summed E-state index contributed by atoms with van der Waals surface area (Å²) in [5.74, 6) is 0.379. The van der Waals surface area contributed by atoms with E-state index in [9.17, 15) is 0 Å². The van der Waals surface area contributed by atoms with Crippen molar-refractivity contribution < 1.29 is 0 Å². The van der Waals surface area contributed by atoms with Gasteiger partial charge in [0.15, 0.2) is 0 Å². The van der Waals surface area contributed by atoms with E-state index in [0.29, 0.717) is 16.1 Å². The molecule has 0 fully saturated rings. The van der Waals surface area contributed by atoms with E-state index in [1.807, 2.05) is 6.07 Å². The predicted octanol–water partition coefficient (Wildman–Crippen LogP) is 1.83. The summed E-state index contributed by atoms with van der Waals surface area (Å²) in [5, 5.41) is 9.28. The number of benzene rings is 1. The van der Waals surface area contributed by atoms with Crippen LogP contribution in [0.3, 0.4) is 0 Å². The van der Waals surface area contributed by atoms with Gasteiger partial charge in [0.05, 0.1) is 10.6 Å². The van der Waals surface area contributed by atoms with Crippen LogP contribution in [-0.4, -0.2) is 9.97 Å². The smallest absolute Gasteiger partial charge is 0.221 e. The number of nitrogens with two attached hydrogens (primary N) is 2. The molecule has 0 aliphatic carbocycles. The molecule has 0 saturated heterocycles. The number of nitrogens with zero attached hydrogens (tertiary/aromatic N) is 3. The topological polar surface area (TPSA) is 102 Å². The van der Waals surface area contributed by atoms with Crippen LogP contribution in [-0.2, 0) is 0 Å². The van der Waals surface area contributed by atoms with Gasteiger partial charge < -0.3 is 11.5 Å². The van der Waals surface area contributed by atoms with Crippen LogP contribution in [0.2, 0.25) is 5.02 Å². The molecule has 0 spiro atoms. The van der Waals surface area contributed by atoms with Crippen LogP contribution in [0.25, 0.3) is 11.1 Å². The molecule has 0 radical (unpaired) electrons. The highest BCUT2D eigenvalue weighted by Crippen LogP contribution is 2.27. The van der Waals surface area contributed by atoms with Gasteiger partial charge in [-0.05, 0) is 17.7 Å². The predicted molar refractivity (Wildman–Crippen MR) is 66.0 cm³/mol. The van der Waals surface area contributed by atoms with Crippen molar-refractivity contribution in [2.75, 3.05) is 11.5 Å². The molecule has 1 heterocycles. The zero-order valence-electron chi connectivity index (χ0n) is 8.68. The minimum atomic E-state index is 0.112. The Balaban J connectivity index is 2.58. The maximum Gasteiger partial charge on any atom is 0.221 e. The highest BCUT2D eigenvalue weighted by atomic mass is 35.5. The van der Waals surface area contributed by atoms with E-state index in [-0.39, 0.29) is 11.8 Å². The van der Waals surface area contributed by atoms with E-state index in [1.165, 1.54) is 6.20 Å². The SMILES string of the molecule is N#Cc1cc(-c2cnc(N)nc2N)ccc1Cl. The summed E-state index contributed by atoms with van der Waals surface area (Å²) in [6.45, 7) is 0. The fourth-order valence-electron chi connectivity index (χ4n) is 1.41. The van der Waals surface area contributed by atoms with Crippen LogP contribution >= 0.6 is 11.6 Å². The van der Waals surface area contributed by atoms with Crippen LogP contribution in [0.15, 0.2) is 24.4 Å². The molecule has 4 N–H and O–H groups in total. The van der Waals surface area contributed by atoms with E-state index in [2.05, 4.69) is 9.97 Å². The third-order valence-electron chi connectivity index (χ3n) is 2.23. The van der Waals surface area contributed by atoms with Gasteiger partial charge in [0, 0.05) is 11.8 Å². The molecule has 0 aliphatic heterocycles. The first-order valence-electron chi connectivity index (χ1n) is 4.70. The molecule has 5 nitrogen and oxygen atoms in total. The fraction of sp³-hybridized carbons (Fsp3) is 0. The van der Waals surface area contributed by atoms with Gasteiger partial charge in [-0.15, -0.1) is 0 Å². The van der Waals surface area contributed by atoms with Crippen LogP contribution in [0.4, 0.5) is 11.8 Å². The Kier molecular flexibility index (Phi) is 2.81. The Bertz CT molecular complexity index is 618. The normalized spacial score (nSPS) is 9.88. The van der Waals surface area contributed by atoms with Gasteiger partial charge in [0.25, 0.3) is 0 Å². The molecule has 2 aromatic rings. The van der Waals surface area contributed by atoms with Gasteiger partial charge in [-0.3, -0.25) is 0 Å². The van der Waals surface area contributed by atoms with E-state index in [0.717, 1.165) is 5.56 Å². The maximum absolute atomic E-state index is 8.89. The Hall–Kier alpha value is -2.32. The van der Waals surface area contributed by atoms with Gasteiger partial charge in [-0.25, -0.2) is 4.98 Å². The summed E-state index contributed by atoms with van der Waals surface area (Å²) in [4.78, 5) is 7.72. The second-order valence-electron chi connectivity index (χ2n) is 3.33. The standard InChI is InChI=1S/C11H8ClN5/c12-9-2-1-6(3-7(9)4-13)8-5-16-11(15)17-10(8)14/h1-3,5H,(H4,14,15,16,17). The summed E-state index contributed by atoms with van der Waals surface area (Å²) in [7, 11) is 0. The third-order valence-corrected chi connectivity index (χ3v) is 2.56. The molecule has 0 unspecified atom stereocenters. The van der Waals surface area contributed by atoms with Crippen molar-refractivity contribution in [3.8, 4) is 17.2 Å². The third kappa shape index (κ3) is 2.12. The minimum absolute atomic E-state index is 0.112. The molecule has 84 valence electrons. The number of hydrogen-bond donors (Lipinski definition) is 2. The zero-order valence-corrected chi connectivity index (χ0v) is 9.44. The fourth-order valence-corrected chi connectivity index (χ4v) is 1.57. The van der Waals surface area contributed by atoms with Crippen molar-refractivity contribution in [1.29, 1.82) is 5.26 Å². The number of rotatable bonds is 1. The number of anilines is 2. The molecule has 0 amide bonds. The highest BCUT2D eigenvalue weighted by molar-refractivity contribution is 6.31. The lowest BCUT2D eigenvalue weighted by Gasteiger charge is -2.06. The average molecular weight is 246 g/mol. The van der Waals surface area contributed by atoms with Crippen molar-refractivity contribution >= 4 is 23.4 Å². The molecular formula is C11H8ClN5. The minimum Gasteiger partial charge on any atom is -0.383 e. The monoisotopic (exact) mass is 245 g/mol. The molecule has 0 saturated carbocycles. The Morgan fingerprint density at radius 2 is 2.06 bits per heavy atom. The first-order chi connectivity index (χ1) is 8.11. The second-order valence-corrected chi connectivity index (χ2v) is 3.74. The molecule has 17 heavy (non-hydrogen) atoms. The zero-order chi connectivity index (χ0) is 12.4. The molecule has 0 atom stereocenters. The summed E-state index contributed by atoms with van der Waals surface area (Å²) in [6, 6.07) is 7.01. The number of halogens is 1. The molecule has 2 rings (SSSR count). The number of nitrogen functional groups attached to an aromatic ring is 2. The van der Waals surface area contributed by atoms with Gasteiger partial charge in [-0.1, -0.05) is 17.7 Å². The van der Waals surface area contributed by atoms with Crippen LogP contribution in [0.1, 0.15) is 5.56 Å². The van der Waals surface area contributed by atoms with Gasteiger partial charge in [-0.2, -0.15) is 10.2 Å². The number of hydrogen-bond acceptors (Lipinski definition) is 5. The molecule has 6 heteroatoms. The summed E-state index contributed by atoms with van der Waals surface area (Å²) < 4.78 is 0. The second kappa shape index (κ2) is 4.28. The summed E-state index contributed by atoms with van der Waals surface area (Å²) >= 11 is 5.84. The number of nitriles is 1. The first kappa shape index (κ1) is 11.2. The van der Waals surface area contributed by atoms with Crippen molar-refractivity contribution in [2.45, 2.75) is 0 Å². The molecule has 0 bridgehead atoms. The Labute approximate surface area is 103 Å². The lowest BCUT2D eigenvalue weighted by atomic mass is 10.1. The number of aromatic nitrogens is 2. The van der Waals surface area contributed by atoms with Crippen LogP contribution in [0, 0.1) is 11.3 Å². The van der Waals surface area contributed by atoms with Crippen LogP contribution < -0.4 is 11.5 Å². The highest BCUT2D eigenvalue weighted by Gasteiger charge is 2.08. The van der Waals surface area contributed by atoms with Crippen molar-refractivity contribution in [3.63, 3.8) is 0 Å². The first-order valence-corrected chi connectivity index (χ1v) is 5.07. The van der Waals surface area contributed by atoms with Gasteiger partial charge >= 0.3 is 0 Å². The molecule has 1 aromatic heterocycles. The lowest BCUT2D eigenvalue weighted by molar-refractivity contribution is 1.20. The van der Waals surface area contributed by atoms with E-state index in [4.69, 9.17) is 28.3 Å².